The quantitative estimate of drug-likeness (QED) is 0.735. The van der Waals surface area contributed by atoms with E-state index in [1.165, 1.54) is 6.33 Å². The fourth-order valence-corrected chi connectivity index (χ4v) is 2.02. The largest absolute Gasteiger partial charge is 0.392 e. The van der Waals surface area contributed by atoms with E-state index in [1.807, 2.05) is 0 Å². The van der Waals surface area contributed by atoms with Crippen LogP contribution in [0.2, 0.25) is 0 Å². The highest BCUT2D eigenvalue weighted by Crippen LogP contribution is 2.19. The summed E-state index contributed by atoms with van der Waals surface area (Å²) < 4.78 is 2.44. The number of nitrogens with two attached hydrogens (primary N) is 1. The molecule has 2 aromatic rings. The van der Waals surface area contributed by atoms with Gasteiger partial charge in [0.1, 0.15) is 11.8 Å². The average Bonchev–Trinajstić information content (AvgIpc) is 2.76. The molecule has 0 bridgehead atoms. The van der Waals surface area contributed by atoms with E-state index in [2.05, 4.69) is 30.9 Å². The minimum Gasteiger partial charge on any atom is -0.392 e. The van der Waals surface area contributed by atoms with Crippen LogP contribution in [0.3, 0.4) is 0 Å². The van der Waals surface area contributed by atoms with Crippen LogP contribution in [-0.2, 0) is 6.54 Å². The summed E-state index contributed by atoms with van der Waals surface area (Å²) in [7, 11) is 0. The first kappa shape index (κ1) is 12.9. The molecule has 0 saturated heterocycles. The maximum absolute atomic E-state index is 9.06. The number of aromatic nitrogens is 4. The van der Waals surface area contributed by atoms with Gasteiger partial charge in [0.25, 0.3) is 0 Å². The van der Waals surface area contributed by atoms with Crippen LogP contribution in [0.5, 0.6) is 0 Å². The molecule has 8 heteroatoms. The molecule has 4 N–H and O–H groups in total. The van der Waals surface area contributed by atoms with Crippen molar-refractivity contribution in [3.05, 3.63) is 22.7 Å². The Hall–Kier alpha value is -1.51. The summed E-state index contributed by atoms with van der Waals surface area (Å²) in [5, 5.41) is 18.1. The van der Waals surface area contributed by atoms with Crippen molar-refractivity contribution in [3.63, 3.8) is 0 Å². The molecule has 0 unspecified atom stereocenters. The van der Waals surface area contributed by atoms with Crippen LogP contribution in [0.4, 0.5) is 5.82 Å². The highest BCUT2D eigenvalue weighted by Gasteiger charge is 2.10. The number of hydrogen-bond acceptors (Lipinski definition) is 6. The van der Waals surface area contributed by atoms with Crippen molar-refractivity contribution in [2.45, 2.75) is 6.54 Å². The molecule has 96 valence electrons. The molecule has 0 spiro atoms. The van der Waals surface area contributed by atoms with Crippen molar-refractivity contribution in [1.82, 2.24) is 19.5 Å². The zero-order chi connectivity index (χ0) is 13.1. The van der Waals surface area contributed by atoms with Crippen LogP contribution >= 0.6 is 15.9 Å². The van der Waals surface area contributed by atoms with Crippen molar-refractivity contribution in [2.75, 3.05) is 18.9 Å². The van der Waals surface area contributed by atoms with Gasteiger partial charge in [-0.2, -0.15) is 0 Å². The number of fused-ring (bicyclic) bond motifs is 1. The van der Waals surface area contributed by atoms with E-state index in [1.54, 1.807) is 10.9 Å². The third-order valence-corrected chi connectivity index (χ3v) is 3.32. The Morgan fingerprint density at radius 1 is 1.28 bits per heavy atom. The van der Waals surface area contributed by atoms with Gasteiger partial charge in [0, 0.05) is 4.48 Å². The number of rotatable bonds is 4. The summed E-state index contributed by atoms with van der Waals surface area (Å²) in [6.07, 6.45) is 2.95. The maximum Gasteiger partial charge on any atom is 0.165 e. The smallest absolute Gasteiger partial charge is 0.165 e. The Kier molecular flexibility index (Phi) is 3.90. The second-order valence-electron chi connectivity index (χ2n) is 3.63. The summed E-state index contributed by atoms with van der Waals surface area (Å²) >= 11 is 3.33. The van der Waals surface area contributed by atoms with Crippen LogP contribution in [0.1, 0.15) is 0 Å². The number of nitrogens with zero attached hydrogens (tertiary/aromatic N) is 4. The maximum atomic E-state index is 9.06. The monoisotopic (exact) mass is 313 g/mol. The van der Waals surface area contributed by atoms with Gasteiger partial charge in [-0.15, -0.1) is 0 Å². The van der Waals surface area contributed by atoms with E-state index in [-0.39, 0.29) is 13.2 Å². The molecule has 2 heterocycles. The third kappa shape index (κ3) is 2.35. The molecule has 2 rings (SSSR count). The van der Waals surface area contributed by atoms with Gasteiger partial charge in [0.15, 0.2) is 11.5 Å². The predicted molar refractivity (Wildman–Crippen MR) is 69.9 cm³/mol. The number of anilines is 1. The minimum atomic E-state index is -0.208. The molecule has 0 atom stereocenters. The molecular formula is C10H12BrN5O2. The summed E-state index contributed by atoms with van der Waals surface area (Å²) in [5.74, 6) is 0.323. The van der Waals surface area contributed by atoms with Crippen LogP contribution in [0.25, 0.3) is 11.2 Å². The lowest BCUT2D eigenvalue weighted by molar-refractivity contribution is 0.275. The Morgan fingerprint density at radius 3 is 2.67 bits per heavy atom. The zero-order valence-electron chi connectivity index (χ0n) is 9.41. The van der Waals surface area contributed by atoms with Crippen molar-refractivity contribution in [1.29, 1.82) is 0 Å². The summed E-state index contributed by atoms with van der Waals surface area (Å²) in [5.41, 5.74) is 7.34. The molecule has 0 aliphatic carbocycles. The molecule has 2 aromatic heterocycles. The fourth-order valence-electron chi connectivity index (χ4n) is 1.50. The molecule has 18 heavy (non-hydrogen) atoms. The van der Waals surface area contributed by atoms with Gasteiger partial charge in [-0.3, -0.25) is 0 Å². The topological polar surface area (TPSA) is 110 Å². The Labute approximate surface area is 111 Å². The average molecular weight is 314 g/mol. The number of imidazole rings is 1. The van der Waals surface area contributed by atoms with E-state index in [0.717, 1.165) is 0 Å². The van der Waals surface area contributed by atoms with Gasteiger partial charge in [-0.05, 0) is 5.57 Å². The molecule has 0 amide bonds. The van der Waals surface area contributed by atoms with Crippen LogP contribution < -0.4 is 5.73 Å². The van der Waals surface area contributed by atoms with Crippen LogP contribution in [-0.4, -0.2) is 42.9 Å². The van der Waals surface area contributed by atoms with E-state index in [4.69, 9.17) is 15.9 Å². The minimum absolute atomic E-state index is 0.208. The molecule has 0 fully saturated rings. The molecular weight excluding hydrogens is 302 g/mol. The van der Waals surface area contributed by atoms with E-state index < -0.39 is 0 Å². The lowest BCUT2D eigenvalue weighted by Gasteiger charge is -2.07. The Bertz CT molecular complexity index is 589. The zero-order valence-corrected chi connectivity index (χ0v) is 11.0. The summed E-state index contributed by atoms with van der Waals surface area (Å²) in [4.78, 5) is 12.1. The van der Waals surface area contributed by atoms with Crippen LogP contribution in [0.15, 0.2) is 22.7 Å². The molecule has 0 radical (unpaired) electrons. The second kappa shape index (κ2) is 5.42. The highest BCUT2D eigenvalue weighted by molar-refractivity contribution is 9.11. The summed E-state index contributed by atoms with van der Waals surface area (Å²) in [6.45, 7) is -0.00885. The third-order valence-electron chi connectivity index (χ3n) is 2.50. The number of hydrogen-bond donors (Lipinski definition) is 3. The normalized spacial score (nSPS) is 10.8. The fraction of sp³-hybridized carbons (Fsp3) is 0.300. The number of halogens is 1. The van der Waals surface area contributed by atoms with E-state index in [9.17, 15) is 0 Å². The van der Waals surface area contributed by atoms with E-state index >= 15 is 0 Å². The van der Waals surface area contributed by atoms with Gasteiger partial charge in [0.05, 0.1) is 26.1 Å². The second-order valence-corrected chi connectivity index (χ2v) is 4.59. The first-order valence-corrected chi connectivity index (χ1v) is 5.96. The summed E-state index contributed by atoms with van der Waals surface area (Å²) in [6, 6.07) is 0. The van der Waals surface area contributed by atoms with Gasteiger partial charge < -0.3 is 20.5 Å². The number of aliphatic hydroxyl groups excluding tert-OH is 2. The Balaban J connectivity index is 2.39. The van der Waals surface area contributed by atoms with Crippen molar-refractivity contribution >= 4 is 32.9 Å². The van der Waals surface area contributed by atoms with Crippen molar-refractivity contribution < 1.29 is 10.2 Å². The molecule has 7 nitrogen and oxygen atoms in total. The lowest BCUT2D eigenvalue weighted by Crippen LogP contribution is -2.05. The molecule has 0 aromatic carbocycles. The predicted octanol–water partition coefficient (Wildman–Crippen LogP) is 0.0421. The number of aliphatic hydroxyl groups is 2. The first-order chi connectivity index (χ1) is 8.67. The standard InChI is InChI=1S/C10H12BrN5O2/c11-7(6(2-17)3-18)1-16-5-15-8-9(12)13-4-14-10(8)16/h4-5,17-18H,1-3H2,(H2,12,13,14). The van der Waals surface area contributed by atoms with E-state index in [0.29, 0.717) is 33.6 Å². The first-order valence-electron chi connectivity index (χ1n) is 5.16. The molecule has 0 aliphatic heterocycles. The molecule has 0 aliphatic rings. The van der Waals surface area contributed by atoms with Gasteiger partial charge in [-0.25, -0.2) is 15.0 Å². The van der Waals surface area contributed by atoms with Gasteiger partial charge in [-0.1, -0.05) is 15.9 Å². The number of allylic oxidation sites excluding steroid dienone is 1. The van der Waals surface area contributed by atoms with Crippen LogP contribution in [0, 0.1) is 0 Å². The highest BCUT2D eigenvalue weighted by atomic mass is 79.9. The number of nitrogen functional groups attached to an aromatic ring is 1. The van der Waals surface area contributed by atoms with Gasteiger partial charge in [0.2, 0.25) is 0 Å². The van der Waals surface area contributed by atoms with Gasteiger partial charge >= 0.3 is 0 Å². The van der Waals surface area contributed by atoms with Crippen molar-refractivity contribution in [2.24, 2.45) is 0 Å². The lowest BCUT2D eigenvalue weighted by atomic mass is 10.3. The molecule has 0 saturated carbocycles. The Morgan fingerprint density at radius 2 is 2.00 bits per heavy atom. The van der Waals surface area contributed by atoms with Crippen molar-refractivity contribution in [3.8, 4) is 0 Å². The SMILES string of the molecule is Nc1ncnc2c1ncn2CC(Br)=C(CO)CO.